The number of nitrogens with one attached hydrogen (secondary N) is 1. The molecular weight excluding hydrogens is 312 g/mol. The molecule has 120 valence electrons. The van der Waals surface area contributed by atoms with Crippen LogP contribution in [-0.2, 0) is 11.2 Å². The number of hydrogen-bond donors (Lipinski definition) is 1. The highest BCUT2D eigenvalue weighted by Crippen LogP contribution is 2.12. The minimum Gasteiger partial charge on any atom is -0.484 e. The summed E-state index contributed by atoms with van der Waals surface area (Å²) in [7, 11) is 0. The lowest BCUT2D eigenvalue weighted by molar-refractivity contribution is -0.123. The Morgan fingerprint density at radius 2 is 1.78 bits per heavy atom. The molecule has 0 saturated heterocycles. The Kier molecular flexibility index (Phi) is 6.18. The smallest absolute Gasteiger partial charge is 0.277 e. The second kappa shape index (κ2) is 8.34. The van der Waals surface area contributed by atoms with Crippen molar-refractivity contribution in [1.82, 2.24) is 5.43 Å². The van der Waals surface area contributed by atoms with Gasteiger partial charge in [-0.3, -0.25) is 4.79 Å². The third kappa shape index (κ3) is 5.42. The Morgan fingerprint density at radius 1 is 1.13 bits per heavy atom. The third-order valence-electron chi connectivity index (χ3n) is 3.31. The zero-order valence-electron chi connectivity index (χ0n) is 13.2. The Balaban J connectivity index is 1.84. The van der Waals surface area contributed by atoms with Gasteiger partial charge < -0.3 is 4.74 Å². The molecule has 0 aliphatic heterocycles. The Morgan fingerprint density at radius 3 is 2.39 bits per heavy atom. The SMILES string of the molecule is CCc1ccc(OCC(=O)N/N=C(\C)c2ccc(Cl)cc2)cc1. The largest absolute Gasteiger partial charge is 0.484 e. The van der Waals surface area contributed by atoms with Gasteiger partial charge in [0.05, 0.1) is 5.71 Å². The number of amides is 1. The number of hydrogen-bond acceptors (Lipinski definition) is 3. The quantitative estimate of drug-likeness (QED) is 0.646. The van der Waals surface area contributed by atoms with Gasteiger partial charge in [-0.25, -0.2) is 5.43 Å². The maximum absolute atomic E-state index is 11.8. The summed E-state index contributed by atoms with van der Waals surface area (Å²) in [4.78, 5) is 11.8. The fourth-order valence-electron chi connectivity index (χ4n) is 1.90. The molecule has 0 fully saturated rings. The fraction of sp³-hybridized carbons (Fsp3) is 0.222. The summed E-state index contributed by atoms with van der Waals surface area (Å²) in [5, 5.41) is 4.72. The van der Waals surface area contributed by atoms with Crippen LogP contribution in [0.3, 0.4) is 0 Å². The van der Waals surface area contributed by atoms with Crippen LogP contribution in [0.25, 0.3) is 0 Å². The second-order valence-corrected chi connectivity index (χ2v) is 5.46. The highest BCUT2D eigenvalue weighted by Gasteiger charge is 2.03. The van der Waals surface area contributed by atoms with E-state index in [1.807, 2.05) is 43.3 Å². The van der Waals surface area contributed by atoms with E-state index in [1.54, 1.807) is 12.1 Å². The minimum atomic E-state index is -0.308. The van der Waals surface area contributed by atoms with E-state index < -0.39 is 0 Å². The summed E-state index contributed by atoms with van der Waals surface area (Å²) in [5.74, 6) is 0.355. The van der Waals surface area contributed by atoms with Crippen LogP contribution in [0.5, 0.6) is 5.75 Å². The zero-order valence-corrected chi connectivity index (χ0v) is 13.9. The molecule has 0 aliphatic carbocycles. The van der Waals surface area contributed by atoms with Crippen LogP contribution in [0.15, 0.2) is 53.6 Å². The molecule has 1 N–H and O–H groups in total. The minimum absolute atomic E-state index is 0.0805. The van der Waals surface area contributed by atoms with Crippen molar-refractivity contribution in [3.63, 3.8) is 0 Å². The van der Waals surface area contributed by atoms with Crippen molar-refractivity contribution in [2.45, 2.75) is 20.3 Å². The maximum Gasteiger partial charge on any atom is 0.277 e. The molecule has 2 aromatic rings. The van der Waals surface area contributed by atoms with Crippen LogP contribution in [0.4, 0.5) is 0 Å². The molecule has 0 aromatic heterocycles. The highest BCUT2D eigenvalue weighted by molar-refractivity contribution is 6.30. The molecule has 2 rings (SSSR count). The zero-order chi connectivity index (χ0) is 16.7. The standard InChI is InChI=1S/C18H19ClN2O2/c1-3-14-4-10-17(11-5-14)23-12-18(22)21-20-13(2)15-6-8-16(19)9-7-15/h4-11H,3,12H2,1-2H3,(H,21,22)/b20-13+. The first-order valence-electron chi connectivity index (χ1n) is 7.39. The number of nitrogens with zero attached hydrogens (tertiary/aromatic N) is 1. The maximum atomic E-state index is 11.8. The average Bonchev–Trinajstić information content (AvgIpc) is 2.59. The van der Waals surface area contributed by atoms with Gasteiger partial charge in [-0.05, 0) is 48.7 Å². The lowest BCUT2D eigenvalue weighted by Gasteiger charge is -2.06. The van der Waals surface area contributed by atoms with E-state index in [-0.39, 0.29) is 12.5 Å². The van der Waals surface area contributed by atoms with Gasteiger partial charge in [0.15, 0.2) is 6.61 Å². The number of benzene rings is 2. The third-order valence-corrected chi connectivity index (χ3v) is 3.56. The second-order valence-electron chi connectivity index (χ2n) is 5.03. The molecule has 23 heavy (non-hydrogen) atoms. The van der Waals surface area contributed by atoms with E-state index in [4.69, 9.17) is 16.3 Å². The van der Waals surface area contributed by atoms with Crippen molar-refractivity contribution < 1.29 is 9.53 Å². The van der Waals surface area contributed by atoms with Gasteiger partial charge in [-0.2, -0.15) is 5.10 Å². The van der Waals surface area contributed by atoms with Gasteiger partial charge in [0, 0.05) is 5.02 Å². The van der Waals surface area contributed by atoms with E-state index in [2.05, 4.69) is 17.5 Å². The molecule has 0 heterocycles. The summed E-state index contributed by atoms with van der Waals surface area (Å²) in [6.45, 7) is 3.82. The van der Waals surface area contributed by atoms with Crippen LogP contribution in [0.1, 0.15) is 25.0 Å². The van der Waals surface area contributed by atoms with Crippen LogP contribution < -0.4 is 10.2 Å². The van der Waals surface area contributed by atoms with Crippen LogP contribution in [-0.4, -0.2) is 18.2 Å². The fourth-order valence-corrected chi connectivity index (χ4v) is 2.03. The molecule has 0 unspecified atom stereocenters. The van der Waals surface area contributed by atoms with E-state index in [0.29, 0.717) is 16.5 Å². The van der Waals surface area contributed by atoms with Gasteiger partial charge >= 0.3 is 0 Å². The number of halogens is 1. The number of ether oxygens (including phenoxy) is 1. The van der Waals surface area contributed by atoms with Crippen molar-refractivity contribution in [3.05, 3.63) is 64.7 Å². The van der Waals surface area contributed by atoms with Crippen molar-refractivity contribution in [2.24, 2.45) is 5.10 Å². The molecule has 1 amide bonds. The van der Waals surface area contributed by atoms with Crippen molar-refractivity contribution in [1.29, 1.82) is 0 Å². The van der Waals surface area contributed by atoms with Crippen molar-refractivity contribution in [2.75, 3.05) is 6.61 Å². The molecule has 0 bridgehead atoms. The first-order chi connectivity index (χ1) is 11.1. The summed E-state index contributed by atoms with van der Waals surface area (Å²) in [6.07, 6.45) is 0.972. The molecule has 0 atom stereocenters. The Bertz CT molecular complexity index is 679. The predicted octanol–water partition coefficient (Wildman–Crippen LogP) is 3.82. The average molecular weight is 331 g/mol. The molecule has 5 heteroatoms. The number of carbonyl (C=O) groups excluding carboxylic acids is 1. The molecule has 0 aliphatic rings. The molecule has 0 spiro atoms. The van der Waals surface area contributed by atoms with Gasteiger partial charge in [-0.15, -0.1) is 0 Å². The van der Waals surface area contributed by atoms with Crippen LogP contribution in [0, 0.1) is 0 Å². The summed E-state index contributed by atoms with van der Waals surface area (Å²) >= 11 is 5.84. The summed E-state index contributed by atoms with van der Waals surface area (Å²) in [5.41, 5.74) is 5.30. The lowest BCUT2D eigenvalue weighted by atomic mass is 10.1. The summed E-state index contributed by atoms with van der Waals surface area (Å²) in [6, 6.07) is 14.9. The molecule has 0 radical (unpaired) electrons. The summed E-state index contributed by atoms with van der Waals surface area (Å²) < 4.78 is 5.42. The Labute approximate surface area is 141 Å². The predicted molar refractivity (Wildman–Crippen MR) is 93.1 cm³/mol. The Hall–Kier alpha value is -2.33. The molecular formula is C18H19ClN2O2. The highest BCUT2D eigenvalue weighted by atomic mass is 35.5. The molecule has 2 aromatic carbocycles. The van der Waals surface area contributed by atoms with Gasteiger partial charge in [0.1, 0.15) is 5.75 Å². The van der Waals surface area contributed by atoms with Crippen LogP contribution in [0.2, 0.25) is 5.02 Å². The van der Waals surface area contributed by atoms with Crippen molar-refractivity contribution >= 4 is 23.2 Å². The first-order valence-corrected chi connectivity index (χ1v) is 7.77. The van der Waals surface area contributed by atoms with Gasteiger partial charge in [0.25, 0.3) is 5.91 Å². The van der Waals surface area contributed by atoms with E-state index in [1.165, 1.54) is 5.56 Å². The van der Waals surface area contributed by atoms with E-state index in [0.717, 1.165) is 12.0 Å². The van der Waals surface area contributed by atoms with Crippen molar-refractivity contribution in [3.8, 4) is 5.75 Å². The first kappa shape index (κ1) is 17.0. The number of carbonyl (C=O) groups is 1. The molecule has 0 saturated carbocycles. The van der Waals surface area contributed by atoms with E-state index in [9.17, 15) is 4.79 Å². The van der Waals surface area contributed by atoms with Crippen LogP contribution >= 0.6 is 11.6 Å². The monoisotopic (exact) mass is 330 g/mol. The topological polar surface area (TPSA) is 50.7 Å². The number of hydrazone groups is 1. The number of aryl methyl sites for hydroxylation is 1. The molecule has 4 nitrogen and oxygen atoms in total. The van der Waals surface area contributed by atoms with Gasteiger partial charge in [0.2, 0.25) is 0 Å². The number of rotatable bonds is 6. The van der Waals surface area contributed by atoms with E-state index >= 15 is 0 Å². The van der Waals surface area contributed by atoms with Gasteiger partial charge in [-0.1, -0.05) is 42.8 Å². The lowest BCUT2D eigenvalue weighted by Crippen LogP contribution is -2.25. The normalized spacial score (nSPS) is 11.2.